The number of phenolic OH excluding ortho intramolecular Hbond substituents is 1. The molecule has 0 heterocycles. The topological polar surface area (TPSA) is 132 Å². The van der Waals surface area contributed by atoms with E-state index in [4.69, 9.17) is 5.41 Å². The minimum Gasteiger partial charge on any atom is -0.754 e. The fourth-order valence-corrected chi connectivity index (χ4v) is 4.37. The number of benzene rings is 1. The first-order chi connectivity index (χ1) is 16.1. The molecule has 2 saturated carbocycles. The molecule has 1 aromatic rings. The van der Waals surface area contributed by atoms with Gasteiger partial charge in [-0.2, -0.15) is 4.40 Å². The highest BCUT2D eigenvalue weighted by atomic mass is 32.2. The van der Waals surface area contributed by atoms with E-state index in [1.54, 1.807) is 18.0 Å². The summed E-state index contributed by atoms with van der Waals surface area (Å²) in [5.41, 5.74) is 1.28. The van der Waals surface area contributed by atoms with E-state index in [0.717, 1.165) is 18.4 Å². The molecule has 0 saturated heterocycles. The Hall–Kier alpha value is -2.98. The summed E-state index contributed by atoms with van der Waals surface area (Å²) in [5, 5.41) is 22.0. The first-order valence-electron chi connectivity index (χ1n) is 11.3. The van der Waals surface area contributed by atoms with Crippen LogP contribution in [0.15, 0.2) is 46.4 Å². The van der Waals surface area contributed by atoms with Crippen LogP contribution < -0.4 is 10.2 Å². The zero-order valence-corrected chi connectivity index (χ0v) is 20.8. The van der Waals surface area contributed by atoms with E-state index in [1.807, 2.05) is 6.92 Å². The number of nitrogens with zero attached hydrogens (tertiary/aromatic N) is 3. The number of allylic oxidation sites excluding steroid dienone is 3. The van der Waals surface area contributed by atoms with Gasteiger partial charge in [0.15, 0.2) is 17.4 Å². The maximum atomic E-state index is 12.1. The normalized spacial score (nSPS) is 18.5. The van der Waals surface area contributed by atoms with Crippen molar-refractivity contribution in [3.8, 4) is 5.75 Å². The molecule has 34 heavy (non-hydrogen) atoms. The number of carbonyl (C=O) groups is 1. The molecule has 1 amide bonds. The van der Waals surface area contributed by atoms with Crippen LogP contribution >= 0.6 is 0 Å². The zero-order valence-electron chi connectivity index (χ0n) is 19.9. The average molecular weight is 487 g/mol. The van der Waals surface area contributed by atoms with Gasteiger partial charge in [-0.1, -0.05) is 29.9 Å². The molecule has 0 aromatic heterocycles. The summed E-state index contributed by atoms with van der Waals surface area (Å²) in [6, 6.07) is 4.48. The van der Waals surface area contributed by atoms with Crippen molar-refractivity contribution < 1.29 is 18.7 Å². The highest BCUT2D eigenvalue weighted by Crippen LogP contribution is 2.39. The number of aromatic hydroxyl groups is 1. The van der Waals surface area contributed by atoms with Gasteiger partial charge in [-0.05, 0) is 56.6 Å². The molecule has 3 rings (SSSR count). The second-order valence-corrected chi connectivity index (χ2v) is 9.44. The highest BCUT2D eigenvalue weighted by Gasteiger charge is 2.37. The number of carbonyl (C=O) groups excluding carboxylic acids is 1. The Morgan fingerprint density at radius 1 is 1.32 bits per heavy atom. The molecule has 2 aliphatic carbocycles. The molecule has 3 N–H and O–H groups in total. The van der Waals surface area contributed by atoms with E-state index in [1.165, 1.54) is 44.0 Å². The maximum Gasteiger partial charge on any atom is 0.254 e. The van der Waals surface area contributed by atoms with Crippen molar-refractivity contribution >= 4 is 34.5 Å². The van der Waals surface area contributed by atoms with E-state index in [0.29, 0.717) is 11.8 Å². The van der Waals surface area contributed by atoms with Crippen LogP contribution in [0.5, 0.6) is 5.75 Å². The van der Waals surface area contributed by atoms with E-state index >= 15 is 0 Å². The highest BCUT2D eigenvalue weighted by molar-refractivity contribution is 7.78. The Morgan fingerprint density at radius 3 is 2.56 bits per heavy atom. The smallest absolute Gasteiger partial charge is 0.254 e. The summed E-state index contributed by atoms with van der Waals surface area (Å²) in [6.45, 7) is 2.02. The molecule has 0 radical (unpaired) electrons. The summed E-state index contributed by atoms with van der Waals surface area (Å²) in [4.78, 5) is 15.1. The molecule has 2 fully saturated rings. The van der Waals surface area contributed by atoms with Gasteiger partial charge in [0.25, 0.3) is 5.91 Å². The van der Waals surface area contributed by atoms with Crippen LogP contribution in [0.25, 0.3) is 0 Å². The van der Waals surface area contributed by atoms with Crippen molar-refractivity contribution in [2.75, 3.05) is 26.0 Å². The van der Waals surface area contributed by atoms with Crippen LogP contribution in [0.4, 0.5) is 5.69 Å². The standard InChI is InChI=1S/C24H33N5O4S/c1-15(7-5-8-16-11-12-16)20(17-13-14-17)29(4)22(25)23(27-34(32)33)28(3)19-10-6-9-18(21(19)30)24(31)26-2/h5-10,16-17,20,25,30H,11-14H2,1-4H3,(H,26,31)(H,32,33)/p-1/b8-5-,15-7+,25-22?,27-23?/t20-/m0/s1. The van der Waals surface area contributed by atoms with Crippen molar-refractivity contribution in [2.24, 2.45) is 16.2 Å². The SMILES string of the molecule is CNC(=O)c1cccc(N(C)C(=NS(=O)[O-])C(=N)N(C)[C@@H](/C(C)=C/C=C\C2CC2)C2CC2)c1O. The lowest BCUT2D eigenvalue weighted by atomic mass is 10.0. The van der Waals surface area contributed by atoms with Crippen molar-refractivity contribution in [3.05, 3.63) is 47.6 Å². The van der Waals surface area contributed by atoms with E-state index < -0.39 is 17.2 Å². The van der Waals surface area contributed by atoms with Crippen LogP contribution in [0, 0.1) is 17.2 Å². The fourth-order valence-electron chi connectivity index (χ4n) is 4.02. The summed E-state index contributed by atoms with van der Waals surface area (Å²) < 4.78 is 26.8. The van der Waals surface area contributed by atoms with Crippen LogP contribution in [0.2, 0.25) is 0 Å². The minimum absolute atomic E-state index is 0.0337. The molecule has 0 bridgehead atoms. The Labute approximate surface area is 203 Å². The van der Waals surface area contributed by atoms with Crippen LogP contribution in [-0.2, 0) is 11.3 Å². The Bertz CT molecular complexity index is 1060. The molecule has 0 aliphatic heterocycles. The second-order valence-electron chi connectivity index (χ2n) is 8.82. The van der Waals surface area contributed by atoms with Crippen LogP contribution in [0.1, 0.15) is 43.0 Å². The minimum atomic E-state index is -2.83. The van der Waals surface area contributed by atoms with E-state index in [2.05, 4.69) is 27.9 Å². The molecular formula is C24H32N5O4S-. The predicted octanol–water partition coefficient (Wildman–Crippen LogP) is 2.98. The number of hydrogen-bond acceptors (Lipinski definition) is 5. The summed E-state index contributed by atoms with van der Waals surface area (Å²) in [7, 11) is 4.71. The van der Waals surface area contributed by atoms with Gasteiger partial charge in [0.05, 0.1) is 28.6 Å². The number of phenols is 1. The predicted molar refractivity (Wildman–Crippen MR) is 134 cm³/mol. The molecule has 184 valence electrons. The number of hydrogen-bond donors (Lipinski definition) is 3. The van der Waals surface area contributed by atoms with Crippen LogP contribution in [0.3, 0.4) is 0 Å². The lowest BCUT2D eigenvalue weighted by Gasteiger charge is -2.34. The molecule has 1 aromatic carbocycles. The van der Waals surface area contributed by atoms with Gasteiger partial charge in [0.1, 0.15) is 0 Å². The molecule has 2 aliphatic rings. The van der Waals surface area contributed by atoms with Crippen molar-refractivity contribution in [1.29, 1.82) is 5.41 Å². The third kappa shape index (κ3) is 6.12. The van der Waals surface area contributed by atoms with Crippen molar-refractivity contribution in [1.82, 2.24) is 10.2 Å². The van der Waals surface area contributed by atoms with E-state index in [-0.39, 0.29) is 34.7 Å². The Morgan fingerprint density at radius 2 is 2.00 bits per heavy atom. The number of nitrogens with one attached hydrogen (secondary N) is 2. The molecule has 1 unspecified atom stereocenters. The molecule has 10 heteroatoms. The van der Waals surface area contributed by atoms with Gasteiger partial charge in [-0.25, -0.2) is 0 Å². The van der Waals surface area contributed by atoms with Gasteiger partial charge in [0.2, 0.25) is 0 Å². The monoisotopic (exact) mass is 486 g/mol. The quantitative estimate of drug-likeness (QED) is 0.224. The number of amidine groups is 2. The Kier molecular flexibility index (Phi) is 8.27. The lowest BCUT2D eigenvalue weighted by Crippen LogP contribution is -2.47. The summed E-state index contributed by atoms with van der Waals surface area (Å²) in [5.74, 6) is -0.0504. The van der Waals surface area contributed by atoms with Gasteiger partial charge in [-0.3, -0.25) is 14.4 Å². The molecule has 2 atom stereocenters. The molecular weight excluding hydrogens is 454 g/mol. The van der Waals surface area contributed by atoms with Gasteiger partial charge >= 0.3 is 0 Å². The largest absolute Gasteiger partial charge is 0.754 e. The first kappa shape index (κ1) is 25.6. The third-order valence-corrected chi connectivity index (χ3v) is 6.53. The number of anilines is 1. The van der Waals surface area contributed by atoms with E-state index in [9.17, 15) is 18.7 Å². The fraction of sp³-hybridized carbons (Fsp3) is 0.458. The van der Waals surface area contributed by atoms with Crippen molar-refractivity contribution in [2.45, 2.75) is 38.6 Å². The lowest BCUT2D eigenvalue weighted by molar-refractivity contribution is 0.0960. The average Bonchev–Trinajstić information content (AvgIpc) is 3.72. The number of rotatable bonds is 8. The Balaban J connectivity index is 1.92. The summed E-state index contributed by atoms with van der Waals surface area (Å²) in [6.07, 6.45) is 10.8. The zero-order chi connectivity index (χ0) is 25.0. The third-order valence-electron chi connectivity index (χ3n) is 6.21. The molecule has 9 nitrogen and oxygen atoms in total. The van der Waals surface area contributed by atoms with Crippen molar-refractivity contribution in [3.63, 3.8) is 0 Å². The molecule has 0 spiro atoms. The first-order valence-corrected chi connectivity index (χ1v) is 12.3. The van der Waals surface area contributed by atoms with Gasteiger partial charge < -0.3 is 24.8 Å². The number of amides is 1. The van der Waals surface area contributed by atoms with Crippen LogP contribution in [-0.4, -0.2) is 63.5 Å². The number of para-hydroxylation sites is 1. The van der Waals surface area contributed by atoms with Gasteiger partial charge in [-0.15, -0.1) is 0 Å². The maximum absolute atomic E-state index is 12.1. The van der Waals surface area contributed by atoms with Gasteiger partial charge in [0, 0.05) is 21.1 Å². The number of likely N-dealkylation sites (N-methyl/N-ethyl adjacent to an activating group) is 2. The second kappa shape index (κ2) is 11.0. The summed E-state index contributed by atoms with van der Waals surface area (Å²) >= 11 is -2.83.